The summed E-state index contributed by atoms with van der Waals surface area (Å²) in [6.45, 7) is 0. The molecule has 0 unspecified atom stereocenters. The highest BCUT2D eigenvalue weighted by Gasteiger charge is 2.31. The Morgan fingerprint density at radius 2 is 2.08 bits per heavy atom. The molecule has 1 aromatic rings. The van der Waals surface area contributed by atoms with E-state index < -0.39 is 22.3 Å². The highest BCUT2D eigenvalue weighted by molar-refractivity contribution is 9.13. The lowest BCUT2D eigenvalue weighted by atomic mass is 10.4. The second-order valence-electron chi connectivity index (χ2n) is 1.93. The molecule has 70 valence electrons. The van der Waals surface area contributed by atoms with Crippen LogP contribution in [0.4, 0.5) is 5.69 Å². The van der Waals surface area contributed by atoms with Crippen molar-refractivity contribution in [1.29, 1.82) is 0 Å². The first kappa shape index (κ1) is 10.2. The summed E-state index contributed by atoms with van der Waals surface area (Å²) in [7, 11) is 0. The number of carbonyl (C=O) groups is 1. The molecule has 13 heavy (non-hydrogen) atoms. The van der Waals surface area contributed by atoms with E-state index in [1.165, 1.54) is 0 Å². The van der Waals surface area contributed by atoms with Gasteiger partial charge >= 0.3 is 11.7 Å². The molecule has 1 N–H and O–H groups in total. The van der Waals surface area contributed by atoms with E-state index in [2.05, 4.69) is 36.3 Å². The van der Waals surface area contributed by atoms with Crippen molar-refractivity contribution in [2.75, 3.05) is 0 Å². The second-order valence-corrected chi connectivity index (χ2v) is 3.44. The van der Waals surface area contributed by atoms with Crippen LogP contribution in [-0.2, 0) is 0 Å². The van der Waals surface area contributed by atoms with Gasteiger partial charge in [-0.3, -0.25) is 10.1 Å². The van der Waals surface area contributed by atoms with Crippen LogP contribution >= 0.6 is 31.9 Å². The molecule has 0 aromatic carbocycles. The smallest absolute Gasteiger partial charge is 0.379 e. The molecule has 0 bridgehead atoms. The molecule has 0 fully saturated rings. The minimum absolute atomic E-state index is 0.0170. The summed E-state index contributed by atoms with van der Waals surface area (Å²) >= 11 is 5.65. The van der Waals surface area contributed by atoms with Gasteiger partial charge < -0.3 is 9.52 Å². The van der Waals surface area contributed by atoms with Gasteiger partial charge in [-0.2, -0.15) is 0 Å². The van der Waals surface area contributed by atoms with E-state index >= 15 is 0 Å². The summed E-state index contributed by atoms with van der Waals surface area (Å²) in [6, 6.07) is 0. The number of nitrogens with zero attached hydrogens (tertiary/aromatic N) is 1. The number of hydrogen-bond acceptors (Lipinski definition) is 4. The predicted octanol–water partition coefficient (Wildman–Crippen LogP) is 2.41. The molecule has 0 amide bonds. The molecular weight excluding hydrogens is 314 g/mol. The third-order valence-corrected chi connectivity index (χ3v) is 2.99. The summed E-state index contributed by atoms with van der Waals surface area (Å²) in [6.07, 6.45) is 0. The maximum Gasteiger partial charge on any atom is 0.379 e. The lowest BCUT2D eigenvalue weighted by molar-refractivity contribution is -0.386. The van der Waals surface area contributed by atoms with Gasteiger partial charge in [0.25, 0.3) is 5.76 Å². The van der Waals surface area contributed by atoms with Crippen molar-refractivity contribution in [3.63, 3.8) is 0 Å². The van der Waals surface area contributed by atoms with E-state index in [-0.39, 0.29) is 9.14 Å². The summed E-state index contributed by atoms with van der Waals surface area (Å²) in [5.74, 6) is -2.19. The minimum atomic E-state index is -1.49. The molecule has 1 aromatic heterocycles. The Morgan fingerprint density at radius 3 is 2.38 bits per heavy atom. The molecule has 0 radical (unpaired) electrons. The fourth-order valence-electron chi connectivity index (χ4n) is 0.684. The lowest BCUT2D eigenvalue weighted by Crippen LogP contribution is -1.99. The van der Waals surface area contributed by atoms with Crippen molar-refractivity contribution in [3.8, 4) is 0 Å². The molecular formula is C5HBr2NO5. The van der Waals surface area contributed by atoms with Gasteiger partial charge in [-0.15, -0.1) is 0 Å². The number of furan rings is 1. The molecule has 0 aliphatic rings. The average molecular weight is 315 g/mol. The molecule has 8 heteroatoms. The van der Waals surface area contributed by atoms with Crippen LogP contribution in [0.2, 0.25) is 0 Å². The van der Waals surface area contributed by atoms with Crippen molar-refractivity contribution in [2.24, 2.45) is 0 Å². The van der Waals surface area contributed by atoms with Crippen LogP contribution in [0.25, 0.3) is 0 Å². The Morgan fingerprint density at radius 1 is 1.54 bits per heavy atom. The summed E-state index contributed by atoms with van der Waals surface area (Å²) in [5, 5.41) is 18.9. The van der Waals surface area contributed by atoms with Crippen LogP contribution in [0.3, 0.4) is 0 Å². The molecule has 0 saturated heterocycles. The summed E-state index contributed by atoms with van der Waals surface area (Å²) in [4.78, 5) is 20.0. The Balaban J connectivity index is 3.44. The summed E-state index contributed by atoms with van der Waals surface area (Å²) < 4.78 is 4.56. The van der Waals surface area contributed by atoms with Gasteiger partial charge in [-0.05, 0) is 31.9 Å². The molecule has 6 nitrogen and oxygen atoms in total. The Bertz CT molecular complexity index is 385. The van der Waals surface area contributed by atoms with E-state index in [0.29, 0.717) is 0 Å². The standard InChI is InChI=1S/C5HBr2NO5/c6-1-2(8(11)12)3(5(9)10)13-4(1)7/h(H,9,10). The van der Waals surface area contributed by atoms with Crippen molar-refractivity contribution in [3.05, 3.63) is 25.0 Å². The zero-order valence-electron chi connectivity index (χ0n) is 5.78. The van der Waals surface area contributed by atoms with E-state index in [1.54, 1.807) is 0 Å². The van der Waals surface area contributed by atoms with Crippen LogP contribution in [0, 0.1) is 10.1 Å². The fourth-order valence-corrected chi connectivity index (χ4v) is 1.44. The Labute approximate surface area is 87.9 Å². The van der Waals surface area contributed by atoms with Gasteiger partial charge in [-0.25, -0.2) is 4.79 Å². The third kappa shape index (κ3) is 1.73. The number of hydrogen-bond donors (Lipinski definition) is 1. The van der Waals surface area contributed by atoms with Crippen molar-refractivity contribution >= 4 is 43.5 Å². The van der Waals surface area contributed by atoms with Crippen LogP contribution in [0.5, 0.6) is 0 Å². The maximum absolute atomic E-state index is 10.5. The van der Waals surface area contributed by atoms with E-state index in [4.69, 9.17) is 5.11 Å². The number of nitro groups is 1. The third-order valence-electron chi connectivity index (χ3n) is 1.16. The van der Waals surface area contributed by atoms with Crippen molar-refractivity contribution < 1.29 is 19.2 Å². The molecule has 0 aliphatic carbocycles. The van der Waals surface area contributed by atoms with Crippen LogP contribution in [-0.4, -0.2) is 16.0 Å². The zero-order chi connectivity index (χ0) is 10.2. The monoisotopic (exact) mass is 313 g/mol. The molecule has 0 aliphatic heterocycles. The van der Waals surface area contributed by atoms with E-state index in [0.717, 1.165) is 0 Å². The second kappa shape index (κ2) is 3.46. The lowest BCUT2D eigenvalue weighted by Gasteiger charge is -1.87. The van der Waals surface area contributed by atoms with E-state index in [9.17, 15) is 14.9 Å². The van der Waals surface area contributed by atoms with Gasteiger partial charge in [-0.1, -0.05) is 0 Å². The molecule has 0 atom stereocenters. The minimum Gasteiger partial charge on any atom is -0.475 e. The Kier molecular flexibility index (Phi) is 2.71. The quantitative estimate of drug-likeness (QED) is 0.668. The topological polar surface area (TPSA) is 93.6 Å². The molecule has 1 rings (SSSR count). The largest absolute Gasteiger partial charge is 0.475 e. The Hall–Kier alpha value is -0.890. The fraction of sp³-hybridized carbons (Fsp3) is 0. The molecule has 0 spiro atoms. The van der Waals surface area contributed by atoms with Gasteiger partial charge in [0.05, 0.1) is 4.92 Å². The first-order valence-electron chi connectivity index (χ1n) is 2.80. The highest BCUT2D eigenvalue weighted by atomic mass is 79.9. The number of carboxylic acids is 1. The van der Waals surface area contributed by atoms with Crippen LogP contribution in [0.1, 0.15) is 10.6 Å². The highest BCUT2D eigenvalue weighted by Crippen LogP contribution is 2.38. The predicted molar refractivity (Wildman–Crippen MR) is 47.7 cm³/mol. The number of carboxylic acid groups (broad SMARTS) is 1. The van der Waals surface area contributed by atoms with Gasteiger partial charge in [0.1, 0.15) is 4.47 Å². The zero-order valence-corrected chi connectivity index (χ0v) is 8.96. The van der Waals surface area contributed by atoms with Crippen molar-refractivity contribution in [1.82, 2.24) is 0 Å². The molecule has 0 saturated carbocycles. The average Bonchev–Trinajstić information content (AvgIpc) is 2.28. The first-order chi connectivity index (χ1) is 5.95. The number of aromatic carboxylic acids is 1. The van der Waals surface area contributed by atoms with Gasteiger partial charge in [0, 0.05) is 0 Å². The normalized spacial score (nSPS) is 10.0. The summed E-state index contributed by atoms with van der Waals surface area (Å²) in [5.41, 5.74) is -0.598. The molecule has 1 heterocycles. The van der Waals surface area contributed by atoms with Gasteiger partial charge in [0.15, 0.2) is 4.67 Å². The SMILES string of the molecule is O=C(O)c1oc(Br)c(Br)c1[N+](=O)[O-]. The van der Waals surface area contributed by atoms with E-state index in [1.807, 2.05) is 0 Å². The number of rotatable bonds is 2. The van der Waals surface area contributed by atoms with Crippen molar-refractivity contribution in [2.45, 2.75) is 0 Å². The number of halogens is 2. The van der Waals surface area contributed by atoms with Crippen LogP contribution < -0.4 is 0 Å². The van der Waals surface area contributed by atoms with Gasteiger partial charge in [0.2, 0.25) is 0 Å². The maximum atomic E-state index is 10.5. The van der Waals surface area contributed by atoms with Crippen LogP contribution in [0.15, 0.2) is 13.6 Å². The first-order valence-corrected chi connectivity index (χ1v) is 4.39.